The molecule has 4 heteroatoms. The average molecular weight is 119 g/mol. The van der Waals surface area contributed by atoms with E-state index in [9.17, 15) is 9.18 Å². The molecule has 1 saturated heterocycles. The molecule has 0 aliphatic carbocycles. The SMILES string of the molecule is CN1C(=O)OCC1F. The molecule has 0 N–H and O–H groups in total. The van der Waals surface area contributed by atoms with E-state index in [1.165, 1.54) is 7.05 Å². The van der Waals surface area contributed by atoms with E-state index in [-0.39, 0.29) is 6.61 Å². The van der Waals surface area contributed by atoms with Crippen molar-refractivity contribution in [3.05, 3.63) is 0 Å². The minimum absolute atomic E-state index is 0.130. The fourth-order valence-corrected chi connectivity index (χ4v) is 0.468. The first-order chi connectivity index (χ1) is 3.72. The fraction of sp³-hybridized carbons (Fsp3) is 0.750. The zero-order chi connectivity index (χ0) is 6.15. The number of cyclic esters (lactones) is 1. The van der Waals surface area contributed by atoms with Crippen LogP contribution in [0.3, 0.4) is 0 Å². The Morgan fingerprint density at radius 2 is 2.62 bits per heavy atom. The van der Waals surface area contributed by atoms with E-state index in [2.05, 4.69) is 4.74 Å². The Hall–Kier alpha value is -0.800. The third-order valence-electron chi connectivity index (χ3n) is 1.05. The van der Waals surface area contributed by atoms with Gasteiger partial charge in [-0.05, 0) is 0 Å². The zero-order valence-corrected chi connectivity index (χ0v) is 4.43. The third-order valence-corrected chi connectivity index (χ3v) is 1.05. The number of alkyl halides is 1. The molecular weight excluding hydrogens is 113 g/mol. The van der Waals surface area contributed by atoms with Gasteiger partial charge in [0.1, 0.15) is 6.61 Å². The van der Waals surface area contributed by atoms with Gasteiger partial charge in [-0.3, -0.25) is 4.90 Å². The van der Waals surface area contributed by atoms with Crippen molar-refractivity contribution in [1.29, 1.82) is 0 Å². The fourth-order valence-electron chi connectivity index (χ4n) is 0.468. The van der Waals surface area contributed by atoms with E-state index in [1.807, 2.05) is 0 Å². The molecule has 1 aliphatic heterocycles. The first-order valence-corrected chi connectivity index (χ1v) is 2.25. The number of rotatable bonds is 0. The standard InChI is InChI=1S/C4H6FNO2/c1-6-3(5)2-8-4(6)7/h3H,2H2,1H3. The van der Waals surface area contributed by atoms with Crippen molar-refractivity contribution in [3.8, 4) is 0 Å². The van der Waals surface area contributed by atoms with Crippen LogP contribution in [0.5, 0.6) is 0 Å². The molecular formula is C4H6FNO2. The number of nitrogens with zero attached hydrogens (tertiary/aromatic N) is 1. The van der Waals surface area contributed by atoms with Crippen molar-refractivity contribution < 1.29 is 13.9 Å². The maximum Gasteiger partial charge on any atom is 0.412 e. The average Bonchev–Trinajstić information content (AvgIpc) is 1.98. The zero-order valence-electron chi connectivity index (χ0n) is 4.43. The molecule has 1 fully saturated rings. The number of ether oxygens (including phenoxy) is 1. The van der Waals surface area contributed by atoms with E-state index in [4.69, 9.17) is 0 Å². The summed E-state index contributed by atoms with van der Waals surface area (Å²) in [6.07, 6.45) is -1.83. The Balaban J connectivity index is 2.56. The molecule has 0 spiro atoms. The summed E-state index contributed by atoms with van der Waals surface area (Å²) in [5, 5.41) is 0. The van der Waals surface area contributed by atoms with Gasteiger partial charge in [-0.1, -0.05) is 0 Å². The number of amides is 1. The predicted molar refractivity (Wildman–Crippen MR) is 24.0 cm³/mol. The molecule has 0 saturated carbocycles. The molecule has 46 valence electrons. The van der Waals surface area contributed by atoms with E-state index in [0.717, 1.165) is 4.90 Å². The van der Waals surface area contributed by atoms with Gasteiger partial charge < -0.3 is 4.74 Å². The van der Waals surface area contributed by atoms with Crippen LogP contribution in [0, 0.1) is 0 Å². The van der Waals surface area contributed by atoms with Gasteiger partial charge in [0.25, 0.3) is 0 Å². The highest BCUT2D eigenvalue weighted by atomic mass is 19.1. The van der Waals surface area contributed by atoms with Crippen molar-refractivity contribution in [3.63, 3.8) is 0 Å². The van der Waals surface area contributed by atoms with Crippen molar-refractivity contribution >= 4 is 6.09 Å². The summed E-state index contributed by atoms with van der Waals surface area (Å²) in [6.45, 7) is -0.130. The summed E-state index contributed by atoms with van der Waals surface area (Å²) in [7, 11) is 1.36. The minimum Gasteiger partial charge on any atom is -0.444 e. The van der Waals surface area contributed by atoms with E-state index >= 15 is 0 Å². The molecule has 1 aliphatic rings. The Kier molecular flexibility index (Phi) is 1.08. The second-order valence-corrected chi connectivity index (χ2v) is 1.62. The maximum absolute atomic E-state index is 12.1. The monoisotopic (exact) mass is 119 g/mol. The smallest absolute Gasteiger partial charge is 0.412 e. The molecule has 1 rings (SSSR count). The second-order valence-electron chi connectivity index (χ2n) is 1.62. The summed E-state index contributed by atoms with van der Waals surface area (Å²) in [5.41, 5.74) is 0. The van der Waals surface area contributed by atoms with Crippen LogP contribution >= 0.6 is 0 Å². The third kappa shape index (κ3) is 0.616. The van der Waals surface area contributed by atoms with Crippen LogP contribution in [0.1, 0.15) is 0 Å². The van der Waals surface area contributed by atoms with Gasteiger partial charge in [0.15, 0.2) is 0 Å². The quantitative estimate of drug-likeness (QED) is 0.431. The van der Waals surface area contributed by atoms with Gasteiger partial charge in [0, 0.05) is 7.05 Å². The largest absolute Gasteiger partial charge is 0.444 e. The van der Waals surface area contributed by atoms with Crippen molar-refractivity contribution in [2.45, 2.75) is 6.30 Å². The first-order valence-electron chi connectivity index (χ1n) is 2.25. The number of hydrogen-bond acceptors (Lipinski definition) is 2. The number of likely N-dealkylation sites (N-methyl/N-ethyl adjacent to an activating group) is 1. The molecule has 0 aromatic carbocycles. The van der Waals surface area contributed by atoms with Crippen LogP contribution in [-0.4, -0.2) is 30.9 Å². The number of carbonyl (C=O) groups excluding carboxylic acids is 1. The lowest BCUT2D eigenvalue weighted by atomic mass is 10.6. The van der Waals surface area contributed by atoms with Crippen molar-refractivity contribution in [2.75, 3.05) is 13.7 Å². The minimum atomic E-state index is -1.25. The molecule has 0 bridgehead atoms. The highest BCUT2D eigenvalue weighted by Gasteiger charge is 2.28. The lowest BCUT2D eigenvalue weighted by Crippen LogP contribution is -2.24. The van der Waals surface area contributed by atoms with Crippen molar-refractivity contribution in [1.82, 2.24) is 4.90 Å². The Morgan fingerprint density at radius 3 is 2.75 bits per heavy atom. The summed E-state index contributed by atoms with van der Waals surface area (Å²) in [5.74, 6) is 0. The van der Waals surface area contributed by atoms with Gasteiger partial charge in [-0.15, -0.1) is 0 Å². The summed E-state index contributed by atoms with van der Waals surface area (Å²) in [6, 6.07) is 0. The normalized spacial score (nSPS) is 28.5. The van der Waals surface area contributed by atoms with Gasteiger partial charge in [0.2, 0.25) is 6.30 Å². The molecule has 0 aromatic heterocycles. The predicted octanol–water partition coefficient (Wildman–Crippen LogP) is 0.364. The van der Waals surface area contributed by atoms with Gasteiger partial charge in [0.05, 0.1) is 0 Å². The highest BCUT2D eigenvalue weighted by Crippen LogP contribution is 2.08. The van der Waals surface area contributed by atoms with Crippen LogP contribution in [0.25, 0.3) is 0 Å². The summed E-state index contributed by atoms with van der Waals surface area (Å²) < 4.78 is 16.4. The second kappa shape index (κ2) is 1.61. The Bertz CT molecular complexity index is 117. The van der Waals surface area contributed by atoms with E-state index < -0.39 is 12.4 Å². The van der Waals surface area contributed by atoms with Crippen LogP contribution in [0.2, 0.25) is 0 Å². The molecule has 1 unspecified atom stereocenters. The molecule has 0 radical (unpaired) electrons. The molecule has 3 nitrogen and oxygen atoms in total. The lowest BCUT2D eigenvalue weighted by molar-refractivity contribution is 0.161. The Labute approximate surface area is 46.0 Å². The molecule has 1 atom stereocenters. The van der Waals surface area contributed by atoms with Gasteiger partial charge in [-0.25, -0.2) is 9.18 Å². The number of hydrogen-bond donors (Lipinski definition) is 0. The van der Waals surface area contributed by atoms with Gasteiger partial charge >= 0.3 is 6.09 Å². The van der Waals surface area contributed by atoms with Crippen LogP contribution in [-0.2, 0) is 4.74 Å². The molecule has 8 heavy (non-hydrogen) atoms. The molecule has 1 amide bonds. The van der Waals surface area contributed by atoms with E-state index in [0.29, 0.717) is 0 Å². The summed E-state index contributed by atoms with van der Waals surface area (Å²) >= 11 is 0. The maximum atomic E-state index is 12.1. The number of carbonyl (C=O) groups is 1. The highest BCUT2D eigenvalue weighted by molar-refractivity contribution is 5.69. The Morgan fingerprint density at radius 1 is 2.00 bits per heavy atom. The first kappa shape index (κ1) is 5.34. The van der Waals surface area contributed by atoms with Crippen LogP contribution in [0.4, 0.5) is 9.18 Å². The van der Waals surface area contributed by atoms with Crippen LogP contribution in [0.15, 0.2) is 0 Å². The van der Waals surface area contributed by atoms with Crippen molar-refractivity contribution in [2.24, 2.45) is 0 Å². The number of halogens is 1. The molecule has 0 aromatic rings. The lowest BCUT2D eigenvalue weighted by Gasteiger charge is -2.04. The van der Waals surface area contributed by atoms with Crippen LogP contribution < -0.4 is 0 Å². The molecule has 1 heterocycles. The summed E-state index contributed by atoms with van der Waals surface area (Å²) in [4.78, 5) is 11.2. The van der Waals surface area contributed by atoms with E-state index in [1.54, 1.807) is 0 Å². The topological polar surface area (TPSA) is 29.5 Å². The van der Waals surface area contributed by atoms with Gasteiger partial charge in [-0.2, -0.15) is 0 Å².